The lowest BCUT2D eigenvalue weighted by Gasteiger charge is -2.31. The van der Waals surface area contributed by atoms with Gasteiger partial charge in [0.2, 0.25) is 0 Å². The van der Waals surface area contributed by atoms with Gasteiger partial charge < -0.3 is 4.74 Å². The standard InChI is InChI=1S/C13H22O2/c1-10-5-7-12(8-6-10)13(3,4)15-9-11(2)14/h7,10H,5-6,8-9H2,1-4H3/t10-/m0/s1. The molecule has 0 spiro atoms. The maximum absolute atomic E-state index is 10.9. The predicted molar refractivity (Wildman–Crippen MR) is 61.8 cm³/mol. The fraction of sp³-hybridized carbons (Fsp3) is 0.769. The number of ether oxygens (including phenoxy) is 1. The van der Waals surface area contributed by atoms with Crippen molar-refractivity contribution < 1.29 is 9.53 Å². The highest BCUT2D eigenvalue weighted by Gasteiger charge is 2.26. The fourth-order valence-corrected chi connectivity index (χ4v) is 1.89. The Morgan fingerprint density at radius 1 is 1.60 bits per heavy atom. The van der Waals surface area contributed by atoms with E-state index in [9.17, 15) is 4.79 Å². The van der Waals surface area contributed by atoms with E-state index in [1.54, 1.807) is 6.92 Å². The number of hydrogen-bond donors (Lipinski definition) is 0. The molecule has 1 atom stereocenters. The molecule has 0 radical (unpaired) electrons. The van der Waals surface area contributed by atoms with Gasteiger partial charge in [0.05, 0.1) is 5.60 Å². The zero-order valence-electron chi connectivity index (χ0n) is 10.3. The molecule has 0 aromatic heterocycles. The van der Waals surface area contributed by atoms with Crippen LogP contribution < -0.4 is 0 Å². The van der Waals surface area contributed by atoms with Crippen LogP contribution in [0, 0.1) is 5.92 Å². The second-order valence-corrected chi connectivity index (χ2v) is 5.11. The van der Waals surface area contributed by atoms with Gasteiger partial charge in [0.25, 0.3) is 0 Å². The first-order chi connectivity index (χ1) is 6.92. The summed E-state index contributed by atoms with van der Waals surface area (Å²) in [5, 5.41) is 0. The molecule has 0 fully saturated rings. The van der Waals surface area contributed by atoms with Crippen molar-refractivity contribution in [1.82, 2.24) is 0 Å². The van der Waals surface area contributed by atoms with Crippen LogP contribution in [0.5, 0.6) is 0 Å². The molecule has 1 aliphatic rings. The Morgan fingerprint density at radius 2 is 2.27 bits per heavy atom. The SMILES string of the molecule is CC(=O)COC(C)(C)C1=CC[C@H](C)CC1. The van der Waals surface area contributed by atoms with Crippen LogP contribution in [-0.4, -0.2) is 18.0 Å². The van der Waals surface area contributed by atoms with E-state index in [4.69, 9.17) is 4.74 Å². The van der Waals surface area contributed by atoms with Crippen molar-refractivity contribution >= 4 is 5.78 Å². The maximum atomic E-state index is 10.9. The Labute approximate surface area is 92.7 Å². The van der Waals surface area contributed by atoms with E-state index < -0.39 is 0 Å². The molecule has 0 aromatic rings. The maximum Gasteiger partial charge on any atom is 0.155 e. The van der Waals surface area contributed by atoms with Crippen molar-refractivity contribution in [3.8, 4) is 0 Å². The summed E-state index contributed by atoms with van der Waals surface area (Å²) in [6.07, 6.45) is 5.77. The highest BCUT2D eigenvalue weighted by atomic mass is 16.5. The first-order valence-electron chi connectivity index (χ1n) is 5.74. The molecule has 0 aromatic carbocycles. The molecule has 1 aliphatic carbocycles. The molecule has 86 valence electrons. The predicted octanol–water partition coefficient (Wildman–Crippen LogP) is 3.12. The number of carbonyl (C=O) groups excluding carboxylic acids is 1. The zero-order chi connectivity index (χ0) is 11.5. The van der Waals surface area contributed by atoms with Gasteiger partial charge in [0, 0.05) is 0 Å². The molecular weight excluding hydrogens is 188 g/mol. The molecule has 0 saturated carbocycles. The smallest absolute Gasteiger partial charge is 0.155 e. The van der Waals surface area contributed by atoms with E-state index in [1.807, 2.05) is 0 Å². The Kier molecular flexibility index (Phi) is 4.09. The van der Waals surface area contributed by atoms with Gasteiger partial charge in [-0.3, -0.25) is 4.79 Å². The van der Waals surface area contributed by atoms with Crippen molar-refractivity contribution in [3.63, 3.8) is 0 Å². The van der Waals surface area contributed by atoms with Gasteiger partial charge in [-0.05, 0) is 51.5 Å². The van der Waals surface area contributed by atoms with Crippen molar-refractivity contribution in [2.24, 2.45) is 5.92 Å². The lowest BCUT2D eigenvalue weighted by Crippen LogP contribution is -2.30. The topological polar surface area (TPSA) is 26.3 Å². The first kappa shape index (κ1) is 12.4. The Hall–Kier alpha value is -0.630. The van der Waals surface area contributed by atoms with Gasteiger partial charge in [-0.1, -0.05) is 13.0 Å². The summed E-state index contributed by atoms with van der Waals surface area (Å²) in [7, 11) is 0. The molecule has 2 nitrogen and oxygen atoms in total. The number of allylic oxidation sites excluding steroid dienone is 1. The van der Waals surface area contributed by atoms with Crippen molar-refractivity contribution in [3.05, 3.63) is 11.6 Å². The first-order valence-corrected chi connectivity index (χ1v) is 5.74. The van der Waals surface area contributed by atoms with Gasteiger partial charge in [0.1, 0.15) is 6.61 Å². The summed E-state index contributed by atoms with van der Waals surface area (Å²) < 4.78 is 5.65. The molecule has 0 unspecified atom stereocenters. The molecule has 0 N–H and O–H groups in total. The van der Waals surface area contributed by atoms with Crippen LogP contribution in [0.2, 0.25) is 0 Å². The lowest BCUT2D eigenvalue weighted by molar-refractivity contribution is -0.125. The number of carbonyl (C=O) groups is 1. The third-order valence-corrected chi connectivity index (χ3v) is 3.08. The summed E-state index contributed by atoms with van der Waals surface area (Å²) in [6.45, 7) is 8.17. The molecule has 0 heterocycles. The minimum atomic E-state index is -0.272. The third-order valence-electron chi connectivity index (χ3n) is 3.08. The summed E-state index contributed by atoms with van der Waals surface area (Å²) >= 11 is 0. The Balaban J connectivity index is 2.56. The molecule has 15 heavy (non-hydrogen) atoms. The quantitative estimate of drug-likeness (QED) is 0.666. The van der Waals surface area contributed by atoms with E-state index in [1.165, 1.54) is 12.0 Å². The van der Waals surface area contributed by atoms with Crippen LogP contribution in [0.4, 0.5) is 0 Å². The minimum absolute atomic E-state index is 0.0906. The van der Waals surface area contributed by atoms with Gasteiger partial charge in [0.15, 0.2) is 5.78 Å². The molecule has 2 heteroatoms. The van der Waals surface area contributed by atoms with Crippen LogP contribution in [0.1, 0.15) is 47.0 Å². The largest absolute Gasteiger partial charge is 0.363 e. The molecule has 0 aliphatic heterocycles. The van der Waals surface area contributed by atoms with Gasteiger partial charge >= 0.3 is 0 Å². The average Bonchev–Trinajstić information content (AvgIpc) is 2.16. The fourth-order valence-electron chi connectivity index (χ4n) is 1.89. The van der Waals surface area contributed by atoms with Gasteiger partial charge in [-0.2, -0.15) is 0 Å². The normalized spacial score (nSPS) is 22.4. The van der Waals surface area contributed by atoms with E-state index in [2.05, 4.69) is 26.8 Å². The highest BCUT2D eigenvalue weighted by Crippen LogP contribution is 2.32. The molecule has 0 saturated heterocycles. The molecule has 0 amide bonds. The van der Waals surface area contributed by atoms with Crippen LogP contribution in [0.25, 0.3) is 0 Å². The zero-order valence-corrected chi connectivity index (χ0v) is 10.3. The van der Waals surface area contributed by atoms with Crippen molar-refractivity contribution in [2.75, 3.05) is 6.61 Å². The van der Waals surface area contributed by atoms with Crippen LogP contribution >= 0.6 is 0 Å². The van der Waals surface area contributed by atoms with Crippen LogP contribution in [-0.2, 0) is 9.53 Å². The monoisotopic (exact) mass is 210 g/mol. The van der Waals surface area contributed by atoms with Gasteiger partial charge in [-0.15, -0.1) is 0 Å². The second kappa shape index (κ2) is 4.93. The van der Waals surface area contributed by atoms with Crippen LogP contribution in [0.15, 0.2) is 11.6 Å². The summed E-state index contributed by atoms with van der Waals surface area (Å²) in [5.41, 5.74) is 1.08. The third kappa shape index (κ3) is 3.78. The van der Waals surface area contributed by atoms with E-state index in [0.717, 1.165) is 18.8 Å². The molecular formula is C13H22O2. The van der Waals surface area contributed by atoms with E-state index in [0.29, 0.717) is 0 Å². The second-order valence-electron chi connectivity index (χ2n) is 5.11. The van der Waals surface area contributed by atoms with Crippen molar-refractivity contribution in [1.29, 1.82) is 0 Å². The molecule has 0 bridgehead atoms. The summed E-state index contributed by atoms with van der Waals surface area (Å²) in [6, 6.07) is 0. The summed E-state index contributed by atoms with van der Waals surface area (Å²) in [4.78, 5) is 10.9. The molecule has 1 rings (SSSR count). The number of hydrogen-bond acceptors (Lipinski definition) is 2. The van der Waals surface area contributed by atoms with E-state index in [-0.39, 0.29) is 18.0 Å². The minimum Gasteiger partial charge on any atom is -0.363 e. The number of rotatable bonds is 4. The highest BCUT2D eigenvalue weighted by molar-refractivity contribution is 5.76. The Bertz CT molecular complexity index is 264. The average molecular weight is 210 g/mol. The van der Waals surface area contributed by atoms with Crippen LogP contribution in [0.3, 0.4) is 0 Å². The van der Waals surface area contributed by atoms with E-state index >= 15 is 0 Å². The summed E-state index contributed by atoms with van der Waals surface area (Å²) in [5.74, 6) is 0.880. The number of ketones is 1. The number of Topliss-reactive ketones (excluding diaryl/α,β-unsaturated/α-hetero) is 1. The van der Waals surface area contributed by atoms with Crippen molar-refractivity contribution in [2.45, 2.75) is 52.6 Å². The lowest BCUT2D eigenvalue weighted by atomic mass is 9.84. The van der Waals surface area contributed by atoms with Gasteiger partial charge in [-0.25, -0.2) is 0 Å². The Morgan fingerprint density at radius 3 is 2.73 bits per heavy atom.